The van der Waals surface area contributed by atoms with Crippen molar-refractivity contribution < 1.29 is 26.4 Å². The van der Waals surface area contributed by atoms with Crippen LogP contribution in [0.15, 0.2) is 80.0 Å². The predicted octanol–water partition coefficient (Wildman–Crippen LogP) is 3.10. The molecular formula is C18H16N2O6S3. The Morgan fingerprint density at radius 2 is 1.59 bits per heavy atom. The zero-order valence-corrected chi connectivity index (χ0v) is 17.5. The van der Waals surface area contributed by atoms with E-state index in [2.05, 4.69) is 5.32 Å². The molecule has 1 aromatic heterocycles. The van der Waals surface area contributed by atoms with E-state index in [9.17, 15) is 21.6 Å². The van der Waals surface area contributed by atoms with Crippen LogP contribution in [0.4, 0.5) is 10.5 Å². The van der Waals surface area contributed by atoms with Gasteiger partial charge in [0.2, 0.25) is 9.84 Å². The zero-order chi connectivity index (χ0) is 21.1. The minimum Gasteiger partial charge on any atom is -0.497 e. The number of sulfone groups is 1. The van der Waals surface area contributed by atoms with E-state index in [1.807, 2.05) is 4.72 Å². The average Bonchev–Trinajstić information content (AvgIpc) is 3.21. The highest BCUT2D eigenvalue weighted by Crippen LogP contribution is 2.28. The van der Waals surface area contributed by atoms with Crippen LogP contribution in [0.2, 0.25) is 0 Å². The molecule has 29 heavy (non-hydrogen) atoms. The predicted molar refractivity (Wildman–Crippen MR) is 109 cm³/mol. The van der Waals surface area contributed by atoms with Gasteiger partial charge in [-0.2, -0.15) is 0 Å². The Labute approximate surface area is 172 Å². The highest BCUT2D eigenvalue weighted by Gasteiger charge is 2.25. The quantitative estimate of drug-likeness (QED) is 0.593. The van der Waals surface area contributed by atoms with E-state index < -0.39 is 25.9 Å². The smallest absolute Gasteiger partial charge is 0.333 e. The average molecular weight is 453 g/mol. The van der Waals surface area contributed by atoms with Crippen molar-refractivity contribution in [3.63, 3.8) is 0 Å². The number of nitrogens with one attached hydrogen (secondary N) is 2. The molecular weight excluding hydrogens is 436 g/mol. The van der Waals surface area contributed by atoms with Gasteiger partial charge in [-0.3, -0.25) is 0 Å². The molecule has 3 aromatic rings. The van der Waals surface area contributed by atoms with Gasteiger partial charge in [-0.05, 0) is 42.5 Å². The number of sulfonamides is 1. The number of rotatable bonds is 6. The molecule has 0 aliphatic carbocycles. The van der Waals surface area contributed by atoms with Gasteiger partial charge in [0.05, 0.1) is 16.9 Å². The Kier molecular flexibility index (Phi) is 5.91. The first kappa shape index (κ1) is 20.8. The SMILES string of the molecule is COc1ccc(NC(=O)NS(=O)(=O)c2cc(S(=O)(=O)c3ccccc3)cs2)cc1. The van der Waals surface area contributed by atoms with Gasteiger partial charge in [-0.15, -0.1) is 11.3 Å². The van der Waals surface area contributed by atoms with Crippen LogP contribution in [0.5, 0.6) is 5.75 Å². The lowest BCUT2D eigenvalue weighted by Gasteiger charge is -2.08. The van der Waals surface area contributed by atoms with E-state index in [-0.39, 0.29) is 14.0 Å². The number of thiophene rings is 1. The number of amides is 2. The Bertz CT molecular complexity index is 1220. The second-order valence-corrected chi connectivity index (χ2v) is 10.5. The summed E-state index contributed by atoms with van der Waals surface area (Å²) in [7, 11) is -6.61. The monoisotopic (exact) mass is 452 g/mol. The van der Waals surface area contributed by atoms with Gasteiger partial charge in [0.1, 0.15) is 9.96 Å². The molecule has 8 nitrogen and oxygen atoms in total. The number of hydrogen-bond donors (Lipinski definition) is 2. The number of methoxy groups -OCH3 is 1. The van der Waals surface area contributed by atoms with Gasteiger partial charge in [-0.25, -0.2) is 26.4 Å². The van der Waals surface area contributed by atoms with Crippen LogP contribution in [0.1, 0.15) is 0 Å². The fraction of sp³-hybridized carbons (Fsp3) is 0.0556. The summed E-state index contributed by atoms with van der Waals surface area (Å²) in [6.07, 6.45) is 0. The minimum atomic E-state index is -4.25. The van der Waals surface area contributed by atoms with Gasteiger partial charge in [0, 0.05) is 11.1 Å². The lowest BCUT2D eigenvalue weighted by Crippen LogP contribution is -2.33. The van der Waals surface area contributed by atoms with Gasteiger partial charge >= 0.3 is 6.03 Å². The third-order valence-corrected chi connectivity index (χ3v) is 8.42. The third kappa shape index (κ3) is 4.75. The summed E-state index contributed by atoms with van der Waals surface area (Å²) in [6.45, 7) is 0. The van der Waals surface area contributed by atoms with Crippen LogP contribution in [0, 0.1) is 0 Å². The molecule has 152 valence electrons. The molecule has 0 radical (unpaired) electrons. The van der Waals surface area contributed by atoms with Crippen molar-refractivity contribution in [3.05, 3.63) is 66.0 Å². The molecule has 2 N–H and O–H groups in total. The molecule has 0 bridgehead atoms. The highest BCUT2D eigenvalue weighted by atomic mass is 32.2. The maximum atomic E-state index is 12.6. The number of ether oxygens (including phenoxy) is 1. The van der Waals surface area contributed by atoms with Crippen molar-refractivity contribution >= 4 is 42.9 Å². The zero-order valence-electron chi connectivity index (χ0n) is 15.0. The van der Waals surface area contributed by atoms with E-state index in [0.29, 0.717) is 22.8 Å². The second kappa shape index (κ2) is 8.23. The van der Waals surface area contributed by atoms with E-state index in [0.717, 1.165) is 6.07 Å². The van der Waals surface area contributed by atoms with Gasteiger partial charge < -0.3 is 10.1 Å². The molecule has 0 spiro atoms. The molecule has 0 aliphatic rings. The number of hydrogen-bond acceptors (Lipinski definition) is 7. The third-order valence-electron chi connectivity index (χ3n) is 3.75. The molecule has 0 aliphatic heterocycles. The lowest BCUT2D eigenvalue weighted by atomic mass is 10.3. The summed E-state index contributed by atoms with van der Waals surface area (Å²) in [4.78, 5) is 11.9. The van der Waals surface area contributed by atoms with Gasteiger partial charge in [0.15, 0.2) is 0 Å². The van der Waals surface area contributed by atoms with Crippen LogP contribution in [0.3, 0.4) is 0 Å². The molecule has 0 fully saturated rings. The summed E-state index contributed by atoms with van der Waals surface area (Å²) in [5.74, 6) is 0.578. The summed E-state index contributed by atoms with van der Waals surface area (Å²) in [6, 6.07) is 14.0. The fourth-order valence-corrected chi connectivity index (χ4v) is 6.13. The van der Waals surface area contributed by atoms with Gasteiger partial charge in [0.25, 0.3) is 10.0 Å². The molecule has 2 amide bonds. The molecule has 0 atom stereocenters. The van der Waals surface area contributed by atoms with Crippen molar-refractivity contribution in [2.24, 2.45) is 0 Å². The maximum absolute atomic E-state index is 12.6. The summed E-state index contributed by atoms with van der Waals surface area (Å²) >= 11 is 0.705. The molecule has 1 heterocycles. The Morgan fingerprint density at radius 3 is 2.21 bits per heavy atom. The van der Waals surface area contributed by atoms with Crippen molar-refractivity contribution in [2.75, 3.05) is 12.4 Å². The van der Waals surface area contributed by atoms with E-state index >= 15 is 0 Å². The second-order valence-electron chi connectivity index (χ2n) is 5.71. The van der Waals surface area contributed by atoms with E-state index in [1.54, 1.807) is 42.5 Å². The molecule has 0 unspecified atom stereocenters. The molecule has 2 aromatic carbocycles. The number of anilines is 1. The fourth-order valence-electron chi connectivity index (χ4n) is 2.32. The molecule has 0 saturated heterocycles. The lowest BCUT2D eigenvalue weighted by molar-refractivity contribution is 0.256. The van der Waals surface area contributed by atoms with Crippen LogP contribution in [-0.2, 0) is 19.9 Å². The molecule has 3 rings (SSSR count). The summed E-state index contributed by atoms with van der Waals surface area (Å²) in [5.41, 5.74) is 0.358. The largest absolute Gasteiger partial charge is 0.497 e. The maximum Gasteiger partial charge on any atom is 0.333 e. The molecule has 11 heteroatoms. The number of carbonyl (C=O) groups is 1. The molecule has 0 saturated carbocycles. The Balaban J connectivity index is 1.75. The van der Waals surface area contributed by atoms with Crippen molar-refractivity contribution in [2.45, 2.75) is 14.0 Å². The first-order valence-corrected chi connectivity index (χ1v) is 11.9. The van der Waals surface area contributed by atoms with Crippen molar-refractivity contribution in [1.29, 1.82) is 0 Å². The topological polar surface area (TPSA) is 119 Å². The van der Waals surface area contributed by atoms with Crippen LogP contribution in [0.25, 0.3) is 0 Å². The Hall–Kier alpha value is -2.89. The van der Waals surface area contributed by atoms with Crippen LogP contribution < -0.4 is 14.8 Å². The van der Waals surface area contributed by atoms with E-state index in [1.165, 1.54) is 24.6 Å². The number of carbonyl (C=O) groups excluding carboxylic acids is 1. The normalized spacial score (nSPS) is 11.6. The van der Waals surface area contributed by atoms with Crippen molar-refractivity contribution in [1.82, 2.24) is 4.72 Å². The van der Waals surface area contributed by atoms with E-state index in [4.69, 9.17) is 4.74 Å². The highest BCUT2D eigenvalue weighted by molar-refractivity contribution is 7.93. The first-order chi connectivity index (χ1) is 13.7. The van der Waals surface area contributed by atoms with Gasteiger partial charge in [-0.1, -0.05) is 18.2 Å². The first-order valence-electron chi connectivity index (χ1n) is 8.09. The summed E-state index contributed by atoms with van der Waals surface area (Å²) < 4.78 is 56.6. The van der Waals surface area contributed by atoms with Crippen LogP contribution >= 0.6 is 11.3 Å². The number of urea groups is 1. The summed E-state index contributed by atoms with van der Waals surface area (Å²) in [5, 5.41) is 3.60. The van der Waals surface area contributed by atoms with Crippen molar-refractivity contribution in [3.8, 4) is 5.75 Å². The van der Waals surface area contributed by atoms with Crippen LogP contribution in [-0.4, -0.2) is 30.0 Å². The number of benzene rings is 2. The standard InChI is InChI=1S/C18H16N2O6S3/c1-26-14-9-7-13(8-10-14)19-18(21)20-29(24,25)17-11-16(12-27-17)28(22,23)15-5-3-2-4-6-15/h2-12H,1H3,(H2,19,20,21). The Morgan fingerprint density at radius 1 is 0.931 bits per heavy atom. The minimum absolute atomic E-state index is 0.0481.